The fourth-order valence-corrected chi connectivity index (χ4v) is 2.18. The second-order valence-electron chi connectivity index (χ2n) is 3.62. The molecule has 0 heterocycles. The molecule has 0 fully saturated rings. The Morgan fingerprint density at radius 3 is 1.88 bits per heavy atom. The Bertz CT molecular complexity index is 513. The highest BCUT2D eigenvalue weighted by Gasteiger charge is 2.08. The molecular weight excluding hydrogens is 259 g/mol. The second kappa shape index (κ2) is 4.96. The Balaban J connectivity index is 2.50. The standard InChI is InChI=1S/C13H10Cl2O2/c14-12-5-9(6-13(15)11(12)7-16)8-1-3-10(17)4-2-8/h1-6,16-17H,7H2. The first-order valence-corrected chi connectivity index (χ1v) is 5.75. The van der Waals surface area contributed by atoms with Gasteiger partial charge in [-0.1, -0.05) is 35.3 Å². The summed E-state index contributed by atoms with van der Waals surface area (Å²) in [5.41, 5.74) is 2.27. The van der Waals surface area contributed by atoms with Crippen LogP contribution >= 0.6 is 23.2 Å². The van der Waals surface area contributed by atoms with E-state index in [1.54, 1.807) is 36.4 Å². The molecule has 0 saturated heterocycles. The summed E-state index contributed by atoms with van der Waals surface area (Å²) in [4.78, 5) is 0. The van der Waals surface area contributed by atoms with Gasteiger partial charge in [0.25, 0.3) is 0 Å². The smallest absolute Gasteiger partial charge is 0.115 e. The first-order chi connectivity index (χ1) is 8.11. The summed E-state index contributed by atoms with van der Waals surface area (Å²) in [6, 6.07) is 10.2. The van der Waals surface area contributed by atoms with Crippen LogP contribution in [0, 0.1) is 0 Å². The van der Waals surface area contributed by atoms with E-state index in [0.29, 0.717) is 15.6 Å². The van der Waals surface area contributed by atoms with Crippen molar-refractivity contribution in [2.75, 3.05) is 0 Å². The normalized spacial score (nSPS) is 10.5. The average Bonchev–Trinajstić information content (AvgIpc) is 2.29. The maximum absolute atomic E-state index is 9.21. The van der Waals surface area contributed by atoms with Gasteiger partial charge in [-0.25, -0.2) is 0 Å². The minimum Gasteiger partial charge on any atom is -0.508 e. The Hall–Kier alpha value is -1.22. The molecule has 0 radical (unpaired) electrons. The number of hydrogen-bond acceptors (Lipinski definition) is 2. The van der Waals surface area contributed by atoms with E-state index in [2.05, 4.69) is 0 Å². The summed E-state index contributed by atoms with van der Waals surface area (Å²) >= 11 is 12.0. The molecular formula is C13H10Cl2O2. The third-order valence-corrected chi connectivity index (χ3v) is 3.17. The Morgan fingerprint density at radius 1 is 0.882 bits per heavy atom. The zero-order valence-corrected chi connectivity index (χ0v) is 10.3. The van der Waals surface area contributed by atoms with Crippen LogP contribution in [0.4, 0.5) is 0 Å². The van der Waals surface area contributed by atoms with Crippen LogP contribution in [0.2, 0.25) is 10.0 Å². The number of halogens is 2. The molecule has 2 nitrogen and oxygen atoms in total. The van der Waals surface area contributed by atoms with Gasteiger partial charge in [0.2, 0.25) is 0 Å². The topological polar surface area (TPSA) is 40.5 Å². The van der Waals surface area contributed by atoms with Gasteiger partial charge >= 0.3 is 0 Å². The van der Waals surface area contributed by atoms with Crippen LogP contribution in [0.15, 0.2) is 36.4 Å². The molecule has 2 rings (SSSR count). The number of phenolic OH excluding ortho intramolecular Hbond substituents is 1. The number of rotatable bonds is 2. The van der Waals surface area contributed by atoms with Crippen molar-refractivity contribution >= 4 is 23.2 Å². The lowest BCUT2D eigenvalue weighted by molar-refractivity contribution is 0.282. The molecule has 0 spiro atoms. The van der Waals surface area contributed by atoms with E-state index in [1.807, 2.05) is 0 Å². The molecule has 0 aliphatic heterocycles. The third kappa shape index (κ3) is 2.55. The average molecular weight is 269 g/mol. The van der Waals surface area contributed by atoms with E-state index in [1.165, 1.54) is 0 Å². The molecule has 0 atom stereocenters. The number of phenols is 1. The van der Waals surface area contributed by atoms with Crippen molar-refractivity contribution in [2.45, 2.75) is 6.61 Å². The molecule has 2 N–H and O–H groups in total. The second-order valence-corrected chi connectivity index (χ2v) is 4.44. The van der Waals surface area contributed by atoms with E-state index in [4.69, 9.17) is 28.3 Å². The predicted octanol–water partition coefficient (Wildman–Crippen LogP) is 3.86. The summed E-state index contributed by atoms with van der Waals surface area (Å²) in [7, 11) is 0. The molecule has 0 aliphatic rings. The predicted molar refractivity (Wildman–Crippen MR) is 69.5 cm³/mol. The van der Waals surface area contributed by atoms with Crippen LogP contribution in [0.25, 0.3) is 11.1 Å². The van der Waals surface area contributed by atoms with Crippen molar-refractivity contribution in [2.24, 2.45) is 0 Å². The number of benzene rings is 2. The monoisotopic (exact) mass is 268 g/mol. The number of hydrogen-bond donors (Lipinski definition) is 2. The highest BCUT2D eigenvalue weighted by Crippen LogP contribution is 2.32. The Kier molecular flexibility index (Phi) is 3.57. The molecule has 88 valence electrons. The van der Waals surface area contributed by atoms with Gasteiger partial charge in [-0.05, 0) is 35.4 Å². The van der Waals surface area contributed by atoms with Gasteiger partial charge in [0.1, 0.15) is 5.75 Å². The van der Waals surface area contributed by atoms with E-state index in [-0.39, 0.29) is 12.4 Å². The van der Waals surface area contributed by atoms with Gasteiger partial charge in [0.05, 0.1) is 6.61 Å². The zero-order valence-electron chi connectivity index (χ0n) is 8.82. The fourth-order valence-electron chi connectivity index (χ4n) is 1.57. The van der Waals surface area contributed by atoms with Crippen molar-refractivity contribution in [1.29, 1.82) is 0 Å². The molecule has 2 aromatic carbocycles. The molecule has 0 aliphatic carbocycles. The highest BCUT2D eigenvalue weighted by atomic mass is 35.5. The summed E-state index contributed by atoms with van der Waals surface area (Å²) in [6.45, 7) is -0.187. The van der Waals surface area contributed by atoms with Gasteiger partial charge in [0.15, 0.2) is 0 Å². The van der Waals surface area contributed by atoms with Crippen LogP contribution < -0.4 is 0 Å². The summed E-state index contributed by atoms with van der Waals surface area (Å²) in [5, 5.41) is 19.2. The number of aliphatic hydroxyl groups excluding tert-OH is 1. The maximum atomic E-state index is 9.21. The zero-order chi connectivity index (χ0) is 12.4. The molecule has 4 heteroatoms. The van der Waals surface area contributed by atoms with Crippen molar-refractivity contribution in [3.8, 4) is 16.9 Å². The Labute approximate surface area is 109 Å². The van der Waals surface area contributed by atoms with Gasteiger partial charge in [-0.15, -0.1) is 0 Å². The van der Waals surface area contributed by atoms with Gasteiger partial charge in [0, 0.05) is 15.6 Å². The molecule has 17 heavy (non-hydrogen) atoms. The lowest BCUT2D eigenvalue weighted by atomic mass is 10.0. The first kappa shape index (κ1) is 12.2. The van der Waals surface area contributed by atoms with E-state index >= 15 is 0 Å². The van der Waals surface area contributed by atoms with Crippen LogP contribution in [-0.4, -0.2) is 10.2 Å². The molecule has 0 unspecified atom stereocenters. The Morgan fingerprint density at radius 2 is 1.41 bits per heavy atom. The van der Waals surface area contributed by atoms with Crippen molar-refractivity contribution in [3.05, 3.63) is 52.0 Å². The van der Waals surface area contributed by atoms with Gasteiger partial charge < -0.3 is 10.2 Å². The summed E-state index contributed by atoms with van der Waals surface area (Å²) in [6.07, 6.45) is 0. The molecule has 0 bridgehead atoms. The number of aliphatic hydroxyl groups is 1. The van der Waals surface area contributed by atoms with E-state index in [9.17, 15) is 5.11 Å². The number of aromatic hydroxyl groups is 1. The molecule has 2 aromatic rings. The summed E-state index contributed by atoms with van der Waals surface area (Å²) in [5.74, 6) is 0.206. The minimum absolute atomic E-state index is 0.187. The lowest BCUT2D eigenvalue weighted by Crippen LogP contribution is -1.88. The van der Waals surface area contributed by atoms with Gasteiger partial charge in [-0.2, -0.15) is 0 Å². The first-order valence-electron chi connectivity index (χ1n) is 5.00. The largest absolute Gasteiger partial charge is 0.508 e. The quantitative estimate of drug-likeness (QED) is 0.869. The van der Waals surface area contributed by atoms with Crippen LogP contribution in [-0.2, 0) is 6.61 Å². The molecule has 0 aromatic heterocycles. The van der Waals surface area contributed by atoms with Crippen LogP contribution in [0.3, 0.4) is 0 Å². The minimum atomic E-state index is -0.187. The fraction of sp³-hybridized carbons (Fsp3) is 0.0769. The lowest BCUT2D eigenvalue weighted by Gasteiger charge is -2.08. The molecule has 0 amide bonds. The third-order valence-electron chi connectivity index (χ3n) is 2.50. The summed E-state index contributed by atoms with van der Waals surface area (Å²) < 4.78 is 0. The maximum Gasteiger partial charge on any atom is 0.115 e. The van der Waals surface area contributed by atoms with Crippen molar-refractivity contribution in [1.82, 2.24) is 0 Å². The van der Waals surface area contributed by atoms with Crippen LogP contribution in [0.5, 0.6) is 5.75 Å². The molecule has 0 saturated carbocycles. The van der Waals surface area contributed by atoms with Crippen molar-refractivity contribution in [3.63, 3.8) is 0 Å². The van der Waals surface area contributed by atoms with Crippen molar-refractivity contribution < 1.29 is 10.2 Å². The SMILES string of the molecule is OCc1c(Cl)cc(-c2ccc(O)cc2)cc1Cl. The van der Waals surface area contributed by atoms with Crippen LogP contribution in [0.1, 0.15) is 5.56 Å². The van der Waals surface area contributed by atoms with E-state index < -0.39 is 0 Å². The highest BCUT2D eigenvalue weighted by molar-refractivity contribution is 6.36. The van der Waals surface area contributed by atoms with Gasteiger partial charge in [-0.3, -0.25) is 0 Å². The van der Waals surface area contributed by atoms with E-state index in [0.717, 1.165) is 11.1 Å².